The Morgan fingerprint density at radius 2 is 1.75 bits per heavy atom. The van der Waals surface area contributed by atoms with Gasteiger partial charge in [-0.3, -0.25) is 4.79 Å². The molecule has 0 aliphatic rings. The largest absolute Gasteiger partial charge is 0.343 e. The van der Waals surface area contributed by atoms with E-state index in [4.69, 9.17) is 0 Å². The number of amides is 1. The molecule has 0 spiro atoms. The Bertz CT molecular complexity index is 332. The fourth-order valence-electron chi connectivity index (χ4n) is 1.72. The number of likely N-dealkylation sites (N-methyl/N-ethyl adjacent to an activating group) is 1. The van der Waals surface area contributed by atoms with E-state index in [1.165, 1.54) is 5.56 Å². The van der Waals surface area contributed by atoms with Crippen molar-refractivity contribution in [3.63, 3.8) is 0 Å². The molecule has 0 bridgehead atoms. The Kier molecular flexibility index (Phi) is 4.53. The SMILES string of the molecule is CC(C)C(=O)N(C)[C@@H](C)Cc1ccccc1. The van der Waals surface area contributed by atoms with Crippen molar-refractivity contribution in [2.75, 3.05) is 7.05 Å². The molecule has 0 fully saturated rings. The maximum atomic E-state index is 11.8. The minimum absolute atomic E-state index is 0.0724. The lowest BCUT2D eigenvalue weighted by molar-refractivity contribution is -0.134. The highest BCUT2D eigenvalue weighted by atomic mass is 16.2. The molecule has 0 saturated heterocycles. The van der Waals surface area contributed by atoms with E-state index in [1.54, 1.807) is 0 Å². The van der Waals surface area contributed by atoms with Gasteiger partial charge in [0.1, 0.15) is 0 Å². The van der Waals surface area contributed by atoms with Crippen LogP contribution in [0, 0.1) is 5.92 Å². The summed E-state index contributed by atoms with van der Waals surface area (Å²) in [6.07, 6.45) is 0.912. The van der Waals surface area contributed by atoms with Crippen LogP contribution in [-0.4, -0.2) is 23.9 Å². The second-order valence-corrected chi connectivity index (χ2v) is 4.64. The zero-order chi connectivity index (χ0) is 12.1. The van der Waals surface area contributed by atoms with E-state index < -0.39 is 0 Å². The number of rotatable bonds is 4. The minimum Gasteiger partial charge on any atom is -0.343 e. The van der Waals surface area contributed by atoms with Gasteiger partial charge in [0.05, 0.1) is 0 Å². The van der Waals surface area contributed by atoms with Gasteiger partial charge in [-0.25, -0.2) is 0 Å². The van der Waals surface area contributed by atoms with Crippen molar-refractivity contribution in [1.29, 1.82) is 0 Å². The Morgan fingerprint density at radius 1 is 1.19 bits per heavy atom. The highest BCUT2D eigenvalue weighted by Crippen LogP contribution is 2.10. The molecular weight excluding hydrogens is 198 g/mol. The molecule has 0 aliphatic carbocycles. The summed E-state index contributed by atoms with van der Waals surface area (Å²) >= 11 is 0. The summed E-state index contributed by atoms with van der Waals surface area (Å²) in [4.78, 5) is 13.6. The summed E-state index contributed by atoms with van der Waals surface area (Å²) in [5.74, 6) is 0.284. The van der Waals surface area contributed by atoms with E-state index in [-0.39, 0.29) is 17.9 Å². The quantitative estimate of drug-likeness (QED) is 0.762. The molecule has 1 rings (SSSR count). The van der Waals surface area contributed by atoms with Crippen molar-refractivity contribution in [3.05, 3.63) is 35.9 Å². The lowest BCUT2D eigenvalue weighted by Crippen LogP contribution is -2.38. The van der Waals surface area contributed by atoms with Crippen molar-refractivity contribution in [2.45, 2.75) is 33.2 Å². The summed E-state index contributed by atoms with van der Waals surface area (Å²) in [5, 5.41) is 0. The molecule has 1 atom stereocenters. The van der Waals surface area contributed by atoms with E-state index in [9.17, 15) is 4.79 Å². The standard InChI is InChI=1S/C14H21NO/c1-11(2)14(16)15(4)12(3)10-13-8-6-5-7-9-13/h5-9,11-12H,10H2,1-4H3/t12-/m0/s1. The lowest BCUT2D eigenvalue weighted by atomic mass is 10.1. The van der Waals surface area contributed by atoms with Crippen molar-refractivity contribution in [1.82, 2.24) is 4.90 Å². The molecular formula is C14H21NO. The van der Waals surface area contributed by atoms with Crippen LogP contribution in [0.2, 0.25) is 0 Å². The van der Waals surface area contributed by atoms with Crippen LogP contribution < -0.4 is 0 Å². The van der Waals surface area contributed by atoms with Crippen LogP contribution in [0.4, 0.5) is 0 Å². The number of carbonyl (C=O) groups is 1. The van der Waals surface area contributed by atoms with Gasteiger partial charge in [0.15, 0.2) is 0 Å². The fourth-order valence-corrected chi connectivity index (χ4v) is 1.72. The number of carbonyl (C=O) groups excluding carboxylic acids is 1. The predicted molar refractivity (Wildman–Crippen MR) is 67.2 cm³/mol. The summed E-state index contributed by atoms with van der Waals surface area (Å²) in [6.45, 7) is 5.97. The van der Waals surface area contributed by atoms with Gasteiger partial charge in [0, 0.05) is 19.0 Å². The van der Waals surface area contributed by atoms with Gasteiger partial charge in [-0.15, -0.1) is 0 Å². The smallest absolute Gasteiger partial charge is 0.225 e. The molecule has 1 aromatic rings. The Labute approximate surface area is 98.3 Å². The first-order valence-electron chi connectivity index (χ1n) is 5.83. The molecule has 2 heteroatoms. The molecule has 16 heavy (non-hydrogen) atoms. The molecule has 0 heterocycles. The predicted octanol–water partition coefficient (Wildman–Crippen LogP) is 2.73. The third kappa shape index (κ3) is 3.37. The highest BCUT2D eigenvalue weighted by molar-refractivity contribution is 5.78. The van der Waals surface area contributed by atoms with Crippen molar-refractivity contribution in [3.8, 4) is 0 Å². The molecule has 0 N–H and O–H groups in total. The van der Waals surface area contributed by atoms with Crippen molar-refractivity contribution in [2.24, 2.45) is 5.92 Å². The maximum absolute atomic E-state index is 11.8. The monoisotopic (exact) mass is 219 g/mol. The number of benzene rings is 1. The second-order valence-electron chi connectivity index (χ2n) is 4.64. The maximum Gasteiger partial charge on any atom is 0.225 e. The van der Waals surface area contributed by atoms with Crippen LogP contribution >= 0.6 is 0 Å². The first kappa shape index (κ1) is 12.8. The zero-order valence-electron chi connectivity index (χ0n) is 10.6. The third-order valence-electron chi connectivity index (χ3n) is 2.88. The van der Waals surface area contributed by atoms with Crippen molar-refractivity contribution >= 4 is 5.91 Å². The van der Waals surface area contributed by atoms with Crippen LogP contribution in [0.25, 0.3) is 0 Å². The Morgan fingerprint density at radius 3 is 2.25 bits per heavy atom. The number of hydrogen-bond donors (Lipinski definition) is 0. The number of hydrogen-bond acceptors (Lipinski definition) is 1. The van der Waals surface area contributed by atoms with Gasteiger partial charge < -0.3 is 4.90 Å². The van der Waals surface area contributed by atoms with E-state index in [0.717, 1.165) is 6.42 Å². The van der Waals surface area contributed by atoms with Gasteiger partial charge in [-0.2, -0.15) is 0 Å². The average Bonchev–Trinajstić information content (AvgIpc) is 2.28. The first-order chi connectivity index (χ1) is 7.52. The summed E-state index contributed by atoms with van der Waals surface area (Å²) < 4.78 is 0. The van der Waals surface area contributed by atoms with Gasteiger partial charge >= 0.3 is 0 Å². The van der Waals surface area contributed by atoms with Crippen LogP contribution in [0.1, 0.15) is 26.3 Å². The fraction of sp³-hybridized carbons (Fsp3) is 0.500. The highest BCUT2D eigenvalue weighted by Gasteiger charge is 2.18. The molecule has 0 radical (unpaired) electrons. The summed E-state index contributed by atoms with van der Waals surface area (Å²) in [5.41, 5.74) is 1.28. The molecule has 1 aromatic carbocycles. The molecule has 2 nitrogen and oxygen atoms in total. The van der Waals surface area contributed by atoms with Crippen LogP contribution in [0.3, 0.4) is 0 Å². The number of nitrogens with zero attached hydrogens (tertiary/aromatic N) is 1. The van der Waals surface area contributed by atoms with Gasteiger partial charge in [-0.05, 0) is 18.9 Å². The summed E-state index contributed by atoms with van der Waals surface area (Å²) in [6, 6.07) is 10.5. The molecule has 0 aromatic heterocycles. The normalized spacial score (nSPS) is 12.6. The molecule has 0 aliphatic heterocycles. The molecule has 88 valence electrons. The Hall–Kier alpha value is -1.31. The third-order valence-corrected chi connectivity index (χ3v) is 2.88. The van der Waals surface area contributed by atoms with E-state index in [2.05, 4.69) is 19.1 Å². The van der Waals surface area contributed by atoms with E-state index in [1.807, 2.05) is 44.0 Å². The second kappa shape index (κ2) is 5.69. The zero-order valence-corrected chi connectivity index (χ0v) is 10.6. The molecule has 0 saturated carbocycles. The van der Waals surface area contributed by atoms with Gasteiger partial charge in [0.2, 0.25) is 5.91 Å². The topological polar surface area (TPSA) is 20.3 Å². The lowest BCUT2D eigenvalue weighted by Gasteiger charge is -2.26. The average molecular weight is 219 g/mol. The molecule has 0 unspecified atom stereocenters. The van der Waals surface area contributed by atoms with E-state index >= 15 is 0 Å². The van der Waals surface area contributed by atoms with Crippen LogP contribution in [0.15, 0.2) is 30.3 Å². The van der Waals surface area contributed by atoms with Crippen LogP contribution in [0.5, 0.6) is 0 Å². The van der Waals surface area contributed by atoms with Crippen LogP contribution in [-0.2, 0) is 11.2 Å². The Balaban J connectivity index is 2.59. The van der Waals surface area contributed by atoms with Crippen molar-refractivity contribution < 1.29 is 4.79 Å². The van der Waals surface area contributed by atoms with E-state index in [0.29, 0.717) is 0 Å². The van der Waals surface area contributed by atoms with Gasteiger partial charge in [-0.1, -0.05) is 44.2 Å². The summed E-state index contributed by atoms with van der Waals surface area (Å²) in [7, 11) is 1.88. The van der Waals surface area contributed by atoms with Gasteiger partial charge in [0.25, 0.3) is 0 Å². The minimum atomic E-state index is 0.0724. The first-order valence-corrected chi connectivity index (χ1v) is 5.83. The molecule has 1 amide bonds.